The van der Waals surface area contributed by atoms with Crippen LogP contribution < -0.4 is 10.1 Å². The highest BCUT2D eigenvalue weighted by Gasteiger charge is 2.32. The van der Waals surface area contributed by atoms with E-state index in [4.69, 9.17) is 4.74 Å². The maximum atomic E-state index is 12.2. The lowest BCUT2D eigenvalue weighted by molar-refractivity contribution is -0.274. The minimum Gasteiger partial charge on any atom is -0.405 e. The van der Waals surface area contributed by atoms with E-state index in [1.165, 1.54) is 6.07 Å². The van der Waals surface area contributed by atoms with E-state index in [0.29, 0.717) is 23.2 Å². The molecule has 21 heavy (non-hydrogen) atoms. The minimum atomic E-state index is -4.68. The highest BCUT2D eigenvalue weighted by molar-refractivity contribution is 9.10. The smallest absolute Gasteiger partial charge is 0.405 e. The van der Waals surface area contributed by atoms with Gasteiger partial charge in [0.25, 0.3) is 0 Å². The molecule has 0 saturated heterocycles. The largest absolute Gasteiger partial charge is 0.573 e. The first-order valence-corrected chi connectivity index (χ1v) is 7.47. The van der Waals surface area contributed by atoms with Crippen LogP contribution in [0.25, 0.3) is 0 Å². The van der Waals surface area contributed by atoms with Crippen molar-refractivity contribution in [3.63, 3.8) is 0 Å². The zero-order valence-electron chi connectivity index (χ0n) is 11.5. The van der Waals surface area contributed by atoms with Crippen LogP contribution in [0.2, 0.25) is 0 Å². The molecule has 1 fully saturated rings. The molecule has 0 aromatic heterocycles. The normalized spacial score (nSPS) is 22.5. The molecule has 1 aliphatic rings. The molecule has 3 nitrogen and oxygen atoms in total. The summed E-state index contributed by atoms with van der Waals surface area (Å²) in [5.41, 5.74) is 0.900. The number of methoxy groups -OCH3 is 1. The van der Waals surface area contributed by atoms with E-state index < -0.39 is 6.36 Å². The van der Waals surface area contributed by atoms with Gasteiger partial charge in [0.05, 0.1) is 10.6 Å². The Balaban J connectivity index is 1.89. The monoisotopic (exact) mass is 367 g/mol. The first kappa shape index (κ1) is 16.6. The molecular weight excluding hydrogens is 351 g/mol. The van der Waals surface area contributed by atoms with Crippen molar-refractivity contribution < 1.29 is 22.6 Å². The van der Waals surface area contributed by atoms with Crippen molar-refractivity contribution in [2.45, 2.75) is 44.3 Å². The summed E-state index contributed by atoms with van der Waals surface area (Å²) in [6, 6.07) is 4.97. The minimum absolute atomic E-state index is 0.230. The molecule has 0 bridgehead atoms. The predicted octanol–water partition coefficient (Wildman–Crippen LogP) is 4.00. The molecule has 1 aliphatic carbocycles. The lowest BCUT2D eigenvalue weighted by atomic mass is 10.2. The molecule has 1 aromatic carbocycles. The van der Waals surface area contributed by atoms with Crippen molar-refractivity contribution in [3.05, 3.63) is 28.2 Å². The van der Waals surface area contributed by atoms with Gasteiger partial charge in [-0.25, -0.2) is 0 Å². The average Bonchev–Trinajstić information content (AvgIpc) is 2.86. The number of halogens is 4. The molecule has 1 N–H and O–H groups in total. The van der Waals surface area contributed by atoms with Crippen molar-refractivity contribution in [2.24, 2.45) is 0 Å². The Labute approximate surface area is 129 Å². The van der Waals surface area contributed by atoms with Gasteiger partial charge < -0.3 is 14.8 Å². The topological polar surface area (TPSA) is 30.5 Å². The Morgan fingerprint density at radius 2 is 2.10 bits per heavy atom. The number of nitrogens with one attached hydrogen (secondary N) is 1. The summed E-state index contributed by atoms with van der Waals surface area (Å²) in [6.07, 6.45) is -1.32. The SMILES string of the molecule is COC1CCC(NCc2ccc(OC(F)(F)F)c(Br)c2)C1. The molecular formula is C14H17BrF3NO2. The molecule has 2 rings (SSSR count). The molecule has 2 unspecified atom stereocenters. The Morgan fingerprint density at radius 3 is 2.67 bits per heavy atom. The first-order valence-electron chi connectivity index (χ1n) is 6.67. The zero-order valence-corrected chi connectivity index (χ0v) is 13.1. The van der Waals surface area contributed by atoms with Gasteiger partial charge in [0, 0.05) is 19.7 Å². The van der Waals surface area contributed by atoms with Gasteiger partial charge in [0.1, 0.15) is 5.75 Å². The second-order valence-electron chi connectivity index (χ2n) is 5.06. The van der Waals surface area contributed by atoms with E-state index in [1.807, 2.05) is 0 Å². The molecule has 0 amide bonds. The number of hydrogen-bond acceptors (Lipinski definition) is 3. The Kier molecular flexibility index (Phi) is 5.51. The molecule has 0 radical (unpaired) electrons. The summed E-state index contributed by atoms with van der Waals surface area (Å²) in [6.45, 7) is 0.603. The molecule has 0 aliphatic heterocycles. The van der Waals surface area contributed by atoms with Gasteiger partial charge in [0.15, 0.2) is 0 Å². The number of rotatable bonds is 5. The third-order valence-corrected chi connectivity index (χ3v) is 4.15. The lowest BCUT2D eigenvalue weighted by Gasteiger charge is -2.14. The van der Waals surface area contributed by atoms with E-state index in [1.54, 1.807) is 19.2 Å². The third-order valence-electron chi connectivity index (χ3n) is 3.53. The molecule has 118 valence electrons. The fourth-order valence-corrected chi connectivity index (χ4v) is 2.97. The van der Waals surface area contributed by atoms with E-state index in [2.05, 4.69) is 26.0 Å². The van der Waals surface area contributed by atoms with E-state index >= 15 is 0 Å². The summed E-state index contributed by atoms with van der Waals surface area (Å²) in [5.74, 6) is -0.230. The summed E-state index contributed by atoms with van der Waals surface area (Å²) in [7, 11) is 1.71. The van der Waals surface area contributed by atoms with Crippen LogP contribution in [0.1, 0.15) is 24.8 Å². The van der Waals surface area contributed by atoms with Gasteiger partial charge >= 0.3 is 6.36 Å². The van der Waals surface area contributed by atoms with E-state index in [-0.39, 0.29) is 5.75 Å². The Bertz CT molecular complexity index is 482. The van der Waals surface area contributed by atoms with Gasteiger partial charge in [0.2, 0.25) is 0 Å². The summed E-state index contributed by atoms with van der Waals surface area (Å²) in [4.78, 5) is 0. The molecule has 2 atom stereocenters. The average molecular weight is 368 g/mol. The van der Waals surface area contributed by atoms with Crippen LogP contribution in [0.5, 0.6) is 5.75 Å². The maximum absolute atomic E-state index is 12.2. The number of alkyl halides is 3. The molecule has 7 heteroatoms. The highest BCUT2D eigenvalue weighted by atomic mass is 79.9. The van der Waals surface area contributed by atoms with Gasteiger partial charge in [-0.1, -0.05) is 6.07 Å². The van der Waals surface area contributed by atoms with Crippen LogP contribution in [0.15, 0.2) is 22.7 Å². The van der Waals surface area contributed by atoms with Gasteiger partial charge in [-0.15, -0.1) is 13.2 Å². The maximum Gasteiger partial charge on any atom is 0.573 e. The van der Waals surface area contributed by atoms with Crippen LogP contribution in [-0.2, 0) is 11.3 Å². The fraction of sp³-hybridized carbons (Fsp3) is 0.571. The van der Waals surface area contributed by atoms with Crippen LogP contribution in [0, 0.1) is 0 Å². The second-order valence-corrected chi connectivity index (χ2v) is 5.92. The summed E-state index contributed by atoms with van der Waals surface area (Å²) in [5, 5.41) is 3.39. The van der Waals surface area contributed by atoms with Crippen molar-refractivity contribution in [1.82, 2.24) is 5.32 Å². The van der Waals surface area contributed by atoms with Crippen LogP contribution in [-0.4, -0.2) is 25.6 Å². The van der Waals surface area contributed by atoms with Crippen molar-refractivity contribution in [2.75, 3.05) is 7.11 Å². The molecule has 0 heterocycles. The quantitative estimate of drug-likeness (QED) is 0.852. The van der Waals surface area contributed by atoms with Gasteiger partial charge in [-0.05, 0) is 52.9 Å². The van der Waals surface area contributed by atoms with Gasteiger partial charge in [-0.3, -0.25) is 0 Å². The third kappa shape index (κ3) is 5.16. The number of hydrogen-bond donors (Lipinski definition) is 1. The Hall–Kier alpha value is -0.790. The van der Waals surface area contributed by atoms with Crippen LogP contribution >= 0.6 is 15.9 Å². The summed E-state index contributed by atoms with van der Waals surface area (Å²) < 4.78 is 46.0. The number of ether oxygens (including phenoxy) is 2. The predicted molar refractivity (Wildman–Crippen MR) is 76.1 cm³/mol. The van der Waals surface area contributed by atoms with Crippen molar-refractivity contribution >= 4 is 15.9 Å². The van der Waals surface area contributed by atoms with E-state index in [9.17, 15) is 13.2 Å². The van der Waals surface area contributed by atoms with Crippen molar-refractivity contribution in [1.29, 1.82) is 0 Å². The first-order chi connectivity index (χ1) is 9.87. The second kappa shape index (κ2) is 6.98. The zero-order chi connectivity index (χ0) is 15.5. The molecule has 1 aromatic rings. The van der Waals surface area contributed by atoms with Gasteiger partial charge in [-0.2, -0.15) is 0 Å². The van der Waals surface area contributed by atoms with Crippen molar-refractivity contribution in [3.8, 4) is 5.75 Å². The summed E-state index contributed by atoms with van der Waals surface area (Å²) >= 11 is 3.10. The standard InChI is InChI=1S/C14H17BrF3NO2/c1-20-11-4-3-10(7-11)19-8-9-2-5-13(12(15)6-9)21-14(16,17)18/h2,5-6,10-11,19H,3-4,7-8H2,1H3. The van der Waals surface area contributed by atoms with Crippen LogP contribution in [0.3, 0.4) is 0 Å². The van der Waals surface area contributed by atoms with E-state index in [0.717, 1.165) is 24.8 Å². The molecule has 1 saturated carbocycles. The highest BCUT2D eigenvalue weighted by Crippen LogP contribution is 2.31. The lowest BCUT2D eigenvalue weighted by Crippen LogP contribution is -2.26. The Morgan fingerprint density at radius 1 is 1.33 bits per heavy atom. The fourth-order valence-electron chi connectivity index (χ4n) is 2.46. The molecule has 0 spiro atoms. The number of benzene rings is 1. The van der Waals surface area contributed by atoms with Crippen LogP contribution in [0.4, 0.5) is 13.2 Å².